The SMILES string of the molecule is Cc1cc(CSc2ccccc2C)c(C)c(C2C(C#N)=C(N)N(c3cccc(C(F)(F)F)c3)C3=C2C(=O)CC(C)(C)C3)c1. The van der Waals surface area contributed by atoms with Gasteiger partial charge in [0.2, 0.25) is 0 Å². The number of allylic oxidation sites excluding steroid dienone is 3. The lowest BCUT2D eigenvalue weighted by molar-refractivity contribution is -0.137. The zero-order valence-corrected chi connectivity index (χ0v) is 25.7. The van der Waals surface area contributed by atoms with Gasteiger partial charge in [-0.25, -0.2) is 0 Å². The van der Waals surface area contributed by atoms with Gasteiger partial charge >= 0.3 is 6.18 Å². The van der Waals surface area contributed by atoms with Crippen molar-refractivity contribution in [1.29, 1.82) is 5.26 Å². The number of ketones is 1. The molecule has 1 atom stereocenters. The zero-order chi connectivity index (χ0) is 31.3. The highest BCUT2D eigenvalue weighted by Gasteiger charge is 2.45. The molecule has 2 N–H and O–H groups in total. The fraction of sp³-hybridized carbons (Fsp3) is 0.314. The maximum atomic E-state index is 14.0. The Morgan fingerprint density at radius 3 is 2.44 bits per heavy atom. The first-order chi connectivity index (χ1) is 20.2. The van der Waals surface area contributed by atoms with Crippen LogP contribution in [0.5, 0.6) is 0 Å². The summed E-state index contributed by atoms with van der Waals surface area (Å²) in [7, 11) is 0. The van der Waals surface area contributed by atoms with Gasteiger partial charge in [-0.3, -0.25) is 9.69 Å². The molecule has 0 aromatic heterocycles. The third kappa shape index (κ3) is 5.83. The van der Waals surface area contributed by atoms with Crippen molar-refractivity contribution in [3.63, 3.8) is 0 Å². The van der Waals surface area contributed by atoms with Crippen molar-refractivity contribution in [2.75, 3.05) is 4.90 Å². The highest BCUT2D eigenvalue weighted by molar-refractivity contribution is 7.98. The lowest BCUT2D eigenvalue weighted by Gasteiger charge is -2.44. The number of rotatable bonds is 5. The number of aryl methyl sites for hydroxylation is 2. The second kappa shape index (κ2) is 11.3. The van der Waals surface area contributed by atoms with Gasteiger partial charge < -0.3 is 5.73 Å². The smallest absolute Gasteiger partial charge is 0.384 e. The molecule has 1 aliphatic heterocycles. The second-order valence-corrected chi connectivity index (χ2v) is 13.2. The Kier molecular flexibility index (Phi) is 8.00. The molecule has 1 heterocycles. The largest absolute Gasteiger partial charge is 0.416 e. The summed E-state index contributed by atoms with van der Waals surface area (Å²) >= 11 is 1.73. The molecule has 0 saturated heterocycles. The molecular weight excluding hydrogens is 567 g/mol. The van der Waals surface area contributed by atoms with Crippen LogP contribution in [0.4, 0.5) is 18.9 Å². The summed E-state index contributed by atoms with van der Waals surface area (Å²) in [6.45, 7) is 10.00. The molecule has 5 rings (SSSR count). The molecule has 3 aromatic rings. The Balaban J connectivity index is 1.69. The van der Waals surface area contributed by atoms with Gasteiger partial charge in [-0.15, -0.1) is 11.8 Å². The molecule has 0 spiro atoms. The van der Waals surface area contributed by atoms with Crippen molar-refractivity contribution in [2.45, 2.75) is 70.2 Å². The van der Waals surface area contributed by atoms with Crippen LogP contribution in [0.1, 0.15) is 66.0 Å². The Morgan fingerprint density at radius 1 is 1.05 bits per heavy atom. The van der Waals surface area contributed by atoms with E-state index in [-0.39, 0.29) is 29.3 Å². The number of hydrogen-bond acceptors (Lipinski definition) is 5. The van der Waals surface area contributed by atoms with E-state index < -0.39 is 23.1 Å². The van der Waals surface area contributed by atoms with Crippen LogP contribution in [0.3, 0.4) is 0 Å². The minimum Gasteiger partial charge on any atom is -0.384 e. The Morgan fingerprint density at radius 2 is 1.77 bits per heavy atom. The summed E-state index contributed by atoms with van der Waals surface area (Å²) < 4.78 is 41.1. The number of nitrogens with zero attached hydrogens (tertiary/aromatic N) is 2. The fourth-order valence-electron chi connectivity index (χ4n) is 6.22. The van der Waals surface area contributed by atoms with Gasteiger partial charge in [0.15, 0.2) is 5.78 Å². The van der Waals surface area contributed by atoms with Gasteiger partial charge in [-0.1, -0.05) is 55.8 Å². The topological polar surface area (TPSA) is 70.1 Å². The number of hydrogen-bond donors (Lipinski definition) is 1. The summed E-state index contributed by atoms with van der Waals surface area (Å²) in [6, 6.07) is 19.5. The Bertz CT molecular complexity index is 1730. The summed E-state index contributed by atoms with van der Waals surface area (Å²) in [6.07, 6.45) is -3.88. The van der Waals surface area contributed by atoms with Crippen LogP contribution in [-0.4, -0.2) is 5.78 Å². The minimum absolute atomic E-state index is 0.0489. The van der Waals surface area contributed by atoms with Crippen LogP contribution in [0.2, 0.25) is 0 Å². The predicted molar refractivity (Wildman–Crippen MR) is 165 cm³/mol. The molecule has 3 aromatic carbocycles. The third-order valence-electron chi connectivity index (χ3n) is 8.30. The standard InChI is InChI=1S/C35H34F3N3OS/c1-20-13-23(19-43-30-12-7-6-9-21(30)2)22(3)26(14-20)31-27(18-39)33(40)41(25-11-8-10-24(15-25)35(36,37)38)28-16-34(4,5)17-29(42)32(28)31/h6-15,31H,16-17,19,40H2,1-5H3. The first-order valence-corrected chi connectivity index (χ1v) is 15.1. The van der Waals surface area contributed by atoms with Gasteiger partial charge in [0.05, 0.1) is 23.1 Å². The lowest BCUT2D eigenvalue weighted by atomic mass is 9.68. The van der Waals surface area contributed by atoms with Crippen LogP contribution < -0.4 is 10.6 Å². The summed E-state index contributed by atoms with van der Waals surface area (Å²) in [5.74, 6) is -0.0895. The number of benzene rings is 3. The molecule has 0 bridgehead atoms. The lowest BCUT2D eigenvalue weighted by Crippen LogP contribution is -2.42. The van der Waals surface area contributed by atoms with Gasteiger partial charge in [0.25, 0.3) is 0 Å². The number of alkyl halides is 3. The van der Waals surface area contributed by atoms with E-state index in [9.17, 15) is 23.2 Å². The van der Waals surface area contributed by atoms with Crippen LogP contribution in [0.25, 0.3) is 0 Å². The Hall–Kier alpha value is -3.96. The van der Waals surface area contributed by atoms with Gasteiger partial charge in [0, 0.05) is 34.0 Å². The van der Waals surface area contributed by atoms with E-state index in [0.717, 1.165) is 34.4 Å². The van der Waals surface area contributed by atoms with E-state index in [1.807, 2.05) is 45.9 Å². The molecule has 2 aliphatic rings. The Labute approximate surface area is 255 Å². The third-order valence-corrected chi connectivity index (χ3v) is 9.52. The number of nitriles is 1. The van der Waals surface area contributed by atoms with E-state index in [2.05, 4.69) is 31.2 Å². The maximum absolute atomic E-state index is 14.0. The highest BCUT2D eigenvalue weighted by Crippen LogP contribution is 2.51. The first kappa shape index (κ1) is 30.5. The number of anilines is 1. The van der Waals surface area contributed by atoms with Gasteiger partial charge in [-0.05, 0) is 79.1 Å². The molecule has 0 saturated carbocycles. The van der Waals surface area contributed by atoms with E-state index in [1.165, 1.54) is 27.5 Å². The molecule has 0 amide bonds. The average molecular weight is 602 g/mol. The van der Waals surface area contributed by atoms with E-state index in [0.29, 0.717) is 23.4 Å². The van der Waals surface area contributed by atoms with E-state index in [4.69, 9.17) is 5.73 Å². The summed E-state index contributed by atoms with van der Waals surface area (Å²) in [5.41, 5.74) is 11.8. The zero-order valence-electron chi connectivity index (χ0n) is 24.9. The fourth-order valence-corrected chi connectivity index (χ4v) is 7.30. The first-order valence-electron chi connectivity index (χ1n) is 14.1. The van der Waals surface area contributed by atoms with Gasteiger partial charge in [0.1, 0.15) is 5.82 Å². The van der Waals surface area contributed by atoms with E-state index >= 15 is 0 Å². The molecule has 43 heavy (non-hydrogen) atoms. The van der Waals surface area contributed by atoms with Crippen LogP contribution in [0, 0.1) is 37.5 Å². The normalized spacial score (nSPS) is 18.5. The van der Waals surface area contributed by atoms with Crippen molar-refractivity contribution in [3.05, 3.63) is 117 Å². The number of carbonyl (C=O) groups is 1. The number of carbonyl (C=O) groups excluding carboxylic acids is 1. The number of halogens is 3. The predicted octanol–water partition coefficient (Wildman–Crippen LogP) is 8.86. The number of thioether (sulfide) groups is 1. The van der Waals surface area contributed by atoms with Crippen molar-refractivity contribution in [1.82, 2.24) is 0 Å². The second-order valence-electron chi connectivity index (χ2n) is 12.2. The molecular formula is C35H34F3N3OS. The quantitative estimate of drug-likeness (QED) is 0.296. The van der Waals surface area contributed by atoms with Crippen molar-refractivity contribution >= 4 is 23.2 Å². The molecule has 1 aliphatic carbocycles. The molecule has 8 heteroatoms. The maximum Gasteiger partial charge on any atom is 0.416 e. The summed E-state index contributed by atoms with van der Waals surface area (Å²) in [5, 5.41) is 10.5. The molecule has 1 unspecified atom stereocenters. The van der Waals surface area contributed by atoms with Crippen LogP contribution in [-0.2, 0) is 16.7 Å². The van der Waals surface area contributed by atoms with Crippen LogP contribution >= 0.6 is 11.8 Å². The number of nitrogens with two attached hydrogens (primary N) is 1. The molecule has 0 radical (unpaired) electrons. The molecule has 222 valence electrons. The number of Topliss-reactive ketones (excluding diaryl/α,β-unsaturated/α-hetero) is 1. The van der Waals surface area contributed by atoms with Crippen molar-refractivity contribution < 1.29 is 18.0 Å². The van der Waals surface area contributed by atoms with Gasteiger partial charge in [-0.2, -0.15) is 18.4 Å². The molecule has 0 fully saturated rings. The summed E-state index contributed by atoms with van der Waals surface area (Å²) in [4.78, 5) is 16.7. The highest BCUT2D eigenvalue weighted by atomic mass is 32.2. The van der Waals surface area contributed by atoms with E-state index in [1.54, 1.807) is 11.8 Å². The monoisotopic (exact) mass is 601 g/mol. The minimum atomic E-state index is -4.56. The van der Waals surface area contributed by atoms with Crippen molar-refractivity contribution in [2.24, 2.45) is 11.1 Å². The van der Waals surface area contributed by atoms with Crippen LogP contribution in [0.15, 0.2) is 88.2 Å². The van der Waals surface area contributed by atoms with Crippen molar-refractivity contribution in [3.8, 4) is 6.07 Å². The molecule has 4 nitrogen and oxygen atoms in total. The average Bonchev–Trinajstić information content (AvgIpc) is 2.92.